The molecular formula is C25H32N2O6S. The van der Waals surface area contributed by atoms with Gasteiger partial charge in [0, 0.05) is 10.4 Å². The Bertz CT molecular complexity index is 1040. The lowest BCUT2D eigenvalue weighted by Crippen LogP contribution is -2.45. The van der Waals surface area contributed by atoms with E-state index < -0.39 is 36.4 Å². The maximum atomic E-state index is 12.6. The number of esters is 2. The molecule has 0 saturated heterocycles. The molecule has 0 aliphatic heterocycles. The topological polar surface area (TPSA) is 111 Å². The number of anilines is 1. The first-order valence-corrected chi connectivity index (χ1v) is 12.0. The van der Waals surface area contributed by atoms with Crippen LogP contribution < -0.4 is 10.6 Å². The second-order valence-corrected chi connectivity index (χ2v) is 9.36. The summed E-state index contributed by atoms with van der Waals surface area (Å²) in [7, 11) is 0. The average molecular weight is 489 g/mol. The van der Waals surface area contributed by atoms with Gasteiger partial charge in [-0.15, -0.1) is 11.3 Å². The number of carbonyl (C=O) groups excluding carboxylic acids is 4. The van der Waals surface area contributed by atoms with Crippen LogP contribution in [0.5, 0.6) is 0 Å². The third kappa shape index (κ3) is 6.90. The van der Waals surface area contributed by atoms with Gasteiger partial charge in [-0.3, -0.25) is 9.59 Å². The van der Waals surface area contributed by atoms with E-state index in [1.807, 2.05) is 32.9 Å². The number of ether oxygens (including phenoxy) is 2. The van der Waals surface area contributed by atoms with Gasteiger partial charge in [0.15, 0.2) is 6.61 Å². The molecule has 1 aromatic carbocycles. The number of hydrogen-bond donors (Lipinski definition) is 2. The van der Waals surface area contributed by atoms with Crippen molar-refractivity contribution in [3.63, 3.8) is 0 Å². The maximum Gasteiger partial charge on any atom is 0.341 e. The van der Waals surface area contributed by atoms with E-state index in [-0.39, 0.29) is 12.5 Å². The van der Waals surface area contributed by atoms with E-state index in [9.17, 15) is 19.2 Å². The zero-order chi connectivity index (χ0) is 25.4. The minimum Gasteiger partial charge on any atom is -0.462 e. The molecule has 1 aromatic heterocycles. The van der Waals surface area contributed by atoms with Gasteiger partial charge in [0.05, 0.1) is 12.2 Å². The van der Waals surface area contributed by atoms with Crippen molar-refractivity contribution >= 4 is 40.1 Å². The molecule has 34 heavy (non-hydrogen) atoms. The molecule has 0 fully saturated rings. The summed E-state index contributed by atoms with van der Waals surface area (Å²) >= 11 is 1.27. The first-order valence-electron chi connectivity index (χ1n) is 11.2. The van der Waals surface area contributed by atoms with Crippen LogP contribution in [-0.2, 0) is 25.5 Å². The molecule has 2 aromatic rings. The van der Waals surface area contributed by atoms with Crippen molar-refractivity contribution in [1.82, 2.24) is 5.32 Å². The fourth-order valence-corrected chi connectivity index (χ4v) is 4.48. The highest BCUT2D eigenvalue weighted by atomic mass is 32.1. The summed E-state index contributed by atoms with van der Waals surface area (Å²) in [5, 5.41) is 5.70. The van der Waals surface area contributed by atoms with Crippen LogP contribution in [0.25, 0.3) is 0 Å². The normalized spacial score (nSPS) is 11.6. The molecule has 0 saturated carbocycles. The molecule has 8 nitrogen and oxygen atoms in total. The predicted molar refractivity (Wildman–Crippen MR) is 131 cm³/mol. The SMILES string of the molecule is CCOC(=O)c1c(NC(=O)COC(=O)[C@@H](NC(=O)c2ccc(C)cc2)C(C)C)sc(C)c1CC. The molecule has 184 valence electrons. The largest absolute Gasteiger partial charge is 0.462 e. The number of amides is 2. The highest BCUT2D eigenvalue weighted by molar-refractivity contribution is 7.16. The highest BCUT2D eigenvalue weighted by Crippen LogP contribution is 2.34. The van der Waals surface area contributed by atoms with Crippen molar-refractivity contribution < 1.29 is 28.7 Å². The van der Waals surface area contributed by atoms with Gasteiger partial charge in [-0.1, -0.05) is 38.5 Å². The summed E-state index contributed by atoms with van der Waals surface area (Å²) in [6.07, 6.45) is 0.609. The molecule has 2 N–H and O–H groups in total. The molecule has 0 bridgehead atoms. The summed E-state index contributed by atoms with van der Waals surface area (Å²) in [6.45, 7) is 10.6. The Morgan fingerprint density at radius 3 is 2.21 bits per heavy atom. The van der Waals surface area contributed by atoms with Crippen molar-refractivity contribution in [2.45, 2.75) is 54.0 Å². The molecule has 9 heteroatoms. The van der Waals surface area contributed by atoms with E-state index in [1.165, 1.54) is 11.3 Å². The molecule has 0 aliphatic carbocycles. The van der Waals surface area contributed by atoms with Crippen LogP contribution in [-0.4, -0.2) is 43.0 Å². The van der Waals surface area contributed by atoms with Gasteiger partial charge >= 0.3 is 11.9 Å². The first-order chi connectivity index (χ1) is 16.1. The lowest BCUT2D eigenvalue weighted by molar-refractivity contribution is -0.150. The maximum absolute atomic E-state index is 12.6. The molecule has 0 aliphatic rings. The van der Waals surface area contributed by atoms with Gasteiger partial charge in [-0.05, 0) is 50.8 Å². The quantitative estimate of drug-likeness (QED) is 0.489. The van der Waals surface area contributed by atoms with Crippen LogP contribution in [0.1, 0.15) is 64.4 Å². The summed E-state index contributed by atoms with van der Waals surface area (Å²) in [4.78, 5) is 51.0. The van der Waals surface area contributed by atoms with Crippen LogP contribution in [0, 0.1) is 19.8 Å². The molecule has 0 spiro atoms. The number of carbonyl (C=O) groups is 4. The third-order valence-electron chi connectivity index (χ3n) is 5.16. The van der Waals surface area contributed by atoms with E-state index in [1.54, 1.807) is 32.9 Å². The van der Waals surface area contributed by atoms with Crippen LogP contribution in [0.3, 0.4) is 0 Å². The smallest absolute Gasteiger partial charge is 0.341 e. The van der Waals surface area contributed by atoms with Gasteiger partial charge in [-0.2, -0.15) is 0 Å². The Kier molecular flexibility index (Phi) is 9.80. The van der Waals surface area contributed by atoms with Gasteiger partial charge in [0.2, 0.25) is 0 Å². The monoisotopic (exact) mass is 488 g/mol. The van der Waals surface area contributed by atoms with Crippen molar-refractivity contribution in [3.05, 3.63) is 51.4 Å². The first kappa shape index (κ1) is 27.0. The highest BCUT2D eigenvalue weighted by Gasteiger charge is 2.28. The number of hydrogen-bond acceptors (Lipinski definition) is 7. The standard InChI is InChI=1S/C25H32N2O6S/c1-7-18-16(6)34-23(20(18)24(30)32-8-2)26-19(28)13-33-25(31)21(14(3)4)27-22(29)17-11-9-15(5)10-12-17/h9-12,14,21H,7-8,13H2,1-6H3,(H,26,28)(H,27,29)/t21-/m0/s1. The van der Waals surface area contributed by atoms with E-state index in [0.717, 1.165) is 16.0 Å². The van der Waals surface area contributed by atoms with Crippen molar-refractivity contribution in [3.8, 4) is 0 Å². The Hall–Kier alpha value is -3.20. The molecule has 2 amide bonds. The molecule has 0 radical (unpaired) electrons. The number of rotatable bonds is 10. The summed E-state index contributed by atoms with van der Waals surface area (Å²) in [5.74, 6) is -2.47. The van der Waals surface area contributed by atoms with Gasteiger partial charge in [0.1, 0.15) is 11.0 Å². The van der Waals surface area contributed by atoms with Crippen molar-refractivity contribution in [2.75, 3.05) is 18.5 Å². The van der Waals surface area contributed by atoms with Crippen molar-refractivity contribution in [1.29, 1.82) is 0 Å². The zero-order valence-corrected chi connectivity index (χ0v) is 21.3. The van der Waals surface area contributed by atoms with Crippen LogP contribution in [0.4, 0.5) is 5.00 Å². The lowest BCUT2D eigenvalue weighted by atomic mass is 10.0. The summed E-state index contributed by atoms with van der Waals surface area (Å²) in [5.41, 5.74) is 2.58. The molecule has 1 heterocycles. The number of nitrogens with one attached hydrogen (secondary N) is 2. The average Bonchev–Trinajstić information content (AvgIpc) is 3.10. The predicted octanol–water partition coefficient (Wildman–Crippen LogP) is 4.04. The number of thiophene rings is 1. The second-order valence-electron chi connectivity index (χ2n) is 8.13. The third-order valence-corrected chi connectivity index (χ3v) is 6.22. The lowest BCUT2D eigenvalue weighted by Gasteiger charge is -2.20. The van der Waals surface area contributed by atoms with E-state index in [4.69, 9.17) is 9.47 Å². The Labute approximate surface area is 204 Å². The van der Waals surface area contributed by atoms with Crippen LogP contribution in [0.15, 0.2) is 24.3 Å². The summed E-state index contributed by atoms with van der Waals surface area (Å²) in [6, 6.07) is 6.05. The number of benzene rings is 1. The minimum atomic E-state index is -0.924. The zero-order valence-electron chi connectivity index (χ0n) is 20.4. The van der Waals surface area contributed by atoms with Crippen LogP contribution in [0.2, 0.25) is 0 Å². The van der Waals surface area contributed by atoms with Crippen molar-refractivity contribution in [2.24, 2.45) is 5.92 Å². The number of aryl methyl sites for hydroxylation is 2. The minimum absolute atomic E-state index is 0.215. The van der Waals surface area contributed by atoms with E-state index in [2.05, 4.69) is 10.6 Å². The fourth-order valence-electron chi connectivity index (χ4n) is 3.33. The molecular weight excluding hydrogens is 456 g/mol. The second kappa shape index (κ2) is 12.3. The fraction of sp³-hybridized carbons (Fsp3) is 0.440. The van der Waals surface area contributed by atoms with Gasteiger partial charge < -0.3 is 20.1 Å². The van der Waals surface area contributed by atoms with E-state index >= 15 is 0 Å². The molecule has 0 unspecified atom stereocenters. The van der Waals surface area contributed by atoms with Gasteiger partial charge in [-0.25, -0.2) is 9.59 Å². The Morgan fingerprint density at radius 2 is 1.65 bits per heavy atom. The van der Waals surface area contributed by atoms with Crippen LogP contribution >= 0.6 is 11.3 Å². The molecule has 1 atom stereocenters. The Morgan fingerprint density at radius 1 is 1.00 bits per heavy atom. The Balaban J connectivity index is 2.04. The van der Waals surface area contributed by atoms with Gasteiger partial charge in [0.25, 0.3) is 11.8 Å². The molecule has 2 rings (SSSR count). The van der Waals surface area contributed by atoms with E-state index in [0.29, 0.717) is 22.5 Å². The summed E-state index contributed by atoms with van der Waals surface area (Å²) < 4.78 is 10.3.